The van der Waals surface area contributed by atoms with Crippen LogP contribution in [0.2, 0.25) is 0 Å². The first-order chi connectivity index (χ1) is 13.5. The van der Waals surface area contributed by atoms with Crippen molar-refractivity contribution in [2.45, 2.75) is 26.9 Å². The van der Waals surface area contributed by atoms with E-state index in [4.69, 9.17) is 9.47 Å². The molecule has 1 N–H and O–H groups in total. The molecule has 5 nitrogen and oxygen atoms in total. The van der Waals surface area contributed by atoms with E-state index in [9.17, 15) is 8.78 Å². The van der Waals surface area contributed by atoms with Crippen LogP contribution in [0.1, 0.15) is 22.5 Å². The highest BCUT2D eigenvalue weighted by Gasteiger charge is 2.16. The van der Waals surface area contributed by atoms with E-state index in [-0.39, 0.29) is 5.69 Å². The summed E-state index contributed by atoms with van der Waals surface area (Å²) in [6.45, 7) is 4.84. The van der Waals surface area contributed by atoms with Gasteiger partial charge in [-0.3, -0.25) is 0 Å². The fourth-order valence-electron chi connectivity index (χ4n) is 3.23. The third-order valence-electron chi connectivity index (χ3n) is 4.68. The van der Waals surface area contributed by atoms with Crippen molar-refractivity contribution in [3.8, 4) is 17.2 Å². The first kappa shape index (κ1) is 19.8. The number of methoxy groups -OCH3 is 2. The van der Waals surface area contributed by atoms with Gasteiger partial charge in [0, 0.05) is 36.0 Å². The number of rotatable bonds is 7. The zero-order valence-electron chi connectivity index (χ0n) is 16.3. The Bertz CT molecular complexity index is 986. The number of nitrogens with one attached hydrogen (secondary N) is 1. The van der Waals surface area contributed by atoms with Gasteiger partial charge in [0.25, 0.3) is 0 Å². The summed E-state index contributed by atoms with van der Waals surface area (Å²) in [5.74, 6) is 0.104. The molecule has 0 spiro atoms. The van der Waals surface area contributed by atoms with Gasteiger partial charge in [-0.1, -0.05) is 12.1 Å². The molecule has 1 aromatic heterocycles. The normalized spacial score (nSPS) is 10.9. The molecule has 0 aliphatic heterocycles. The number of aryl methyl sites for hydroxylation is 1. The second kappa shape index (κ2) is 8.39. The van der Waals surface area contributed by atoms with E-state index >= 15 is 0 Å². The van der Waals surface area contributed by atoms with Crippen molar-refractivity contribution in [1.82, 2.24) is 15.1 Å². The highest BCUT2D eigenvalue weighted by atomic mass is 19.1. The molecule has 0 aliphatic carbocycles. The van der Waals surface area contributed by atoms with Gasteiger partial charge in [-0.25, -0.2) is 13.5 Å². The van der Waals surface area contributed by atoms with Crippen LogP contribution in [0.15, 0.2) is 36.4 Å². The highest BCUT2D eigenvalue weighted by molar-refractivity contribution is 5.46. The van der Waals surface area contributed by atoms with E-state index in [1.54, 1.807) is 14.2 Å². The van der Waals surface area contributed by atoms with Crippen LogP contribution < -0.4 is 14.8 Å². The average Bonchev–Trinajstić information content (AvgIpc) is 2.95. The van der Waals surface area contributed by atoms with Gasteiger partial charge in [0.15, 0.2) is 17.3 Å². The van der Waals surface area contributed by atoms with Crippen molar-refractivity contribution in [3.05, 3.63) is 70.5 Å². The number of hydrogen-bond acceptors (Lipinski definition) is 4. The van der Waals surface area contributed by atoms with Crippen molar-refractivity contribution in [3.63, 3.8) is 0 Å². The molecular weight excluding hydrogens is 364 g/mol. The molecule has 1 heterocycles. The second-order valence-corrected chi connectivity index (χ2v) is 6.41. The van der Waals surface area contributed by atoms with E-state index in [2.05, 4.69) is 10.4 Å². The summed E-state index contributed by atoms with van der Waals surface area (Å²) in [7, 11) is 3.21. The SMILES string of the molecule is COc1cccc(CNCc2c(C)nn(-c3ccc(F)cc3F)c2C)c1OC. The molecule has 0 saturated carbocycles. The van der Waals surface area contributed by atoms with Gasteiger partial charge in [-0.05, 0) is 32.0 Å². The highest BCUT2D eigenvalue weighted by Crippen LogP contribution is 2.30. The van der Waals surface area contributed by atoms with E-state index in [0.717, 1.165) is 28.6 Å². The molecule has 3 aromatic rings. The molecule has 7 heteroatoms. The van der Waals surface area contributed by atoms with Gasteiger partial charge in [0.2, 0.25) is 0 Å². The summed E-state index contributed by atoms with van der Waals surface area (Å²) < 4.78 is 39.6. The van der Waals surface area contributed by atoms with E-state index in [1.807, 2.05) is 32.0 Å². The maximum Gasteiger partial charge on any atom is 0.165 e. The molecule has 0 saturated heterocycles. The Kier molecular flexibility index (Phi) is 5.94. The van der Waals surface area contributed by atoms with Crippen LogP contribution in [0.25, 0.3) is 5.69 Å². The lowest BCUT2D eigenvalue weighted by Crippen LogP contribution is -2.15. The van der Waals surface area contributed by atoms with E-state index < -0.39 is 11.6 Å². The molecular formula is C21H23F2N3O2. The molecule has 0 radical (unpaired) electrons. The van der Waals surface area contributed by atoms with Crippen molar-refractivity contribution >= 4 is 0 Å². The van der Waals surface area contributed by atoms with Crippen LogP contribution in [-0.2, 0) is 13.1 Å². The number of nitrogens with zero attached hydrogens (tertiary/aromatic N) is 2. The topological polar surface area (TPSA) is 48.3 Å². The average molecular weight is 387 g/mol. The molecule has 28 heavy (non-hydrogen) atoms. The van der Waals surface area contributed by atoms with Crippen LogP contribution in [0.3, 0.4) is 0 Å². The van der Waals surface area contributed by atoms with Crippen LogP contribution in [0.4, 0.5) is 8.78 Å². The fourth-order valence-corrected chi connectivity index (χ4v) is 3.23. The predicted molar refractivity (Wildman–Crippen MR) is 103 cm³/mol. The summed E-state index contributed by atoms with van der Waals surface area (Å²) in [6.07, 6.45) is 0. The number of para-hydroxylation sites is 1. The smallest absolute Gasteiger partial charge is 0.165 e. The molecule has 3 rings (SSSR count). The zero-order valence-corrected chi connectivity index (χ0v) is 16.3. The minimum Gasteiger partial charge on any atom is -0.493 e. The van der Waals surface area contributed by atoms with Gasteiger partial charge < -0.3 is 14.8 Å². The minimum absolute atomic E-state index is 0.225. The molecule has 2 aromatic carbocycles. The van der Waals surface area contributed by atoms with Crippen LogP contribution >= 0.6 is 0 Å². The lowest BCUT2D eigenvalue weighted by molar-refractivity contribution is 0.350. The van der Waals surface area contributed by atoms with Crippen molar-refractivity contribution in [2.24, 2.45) is 0 Å². The summed E-state index contributed by atoms with van der Waals surface area (Å²) in [6, 6.07) is 9.19. The van der Waals surface area contributed by atoms with Gasteiger partial charge in [-0.2, -0.15) is 5.10 Å². The maximum absolute atomic E-state index is 14.1. The molecule has 0 fully saturated rings. The first-order valence-corrected chi connectivity index (χ1v) is 8.87. The quantitative estimate of drug-likeness (QED) is 0.664. The van der Waals surface area contributed by atoms with Crippen LogP contribution in [0.5, 0.6) is 11.5 Å². The van der Waals surface area contributed by atoms with E-state index in [1.165, 1.54) is 16.8 Å². The van der Waals surface area contributed by atoms with Gasteiger partial charge in [0.1, 0.15) is 11.5 Å². The van der Waals surface area contributed by atoms with Crippen LogP contribution in [0, 0.1) is 25.5 Å². The monoisotopic (exact) mass is 387 g/mol. The van der Waals surface area contributed by atoms with Gasteiger partial charge >= 0.3 is 0 Å². The Morgan fingerprint density at radius 1 is 1.04 bits per heavy atom. The number of aromatic nitrogens is 2. The third kappa shape index (κ3) is 3.84. The van der Waals surface area contributed by atoms with Gasteiger partial charge in [-0.15, -0.1) is 0 Å². The van der Waals surface area contributed by atoms with Crippen molar-refractivity contribution in [2.75, 3.05) is 14.2 Å². The number of halogens is 2. The lowest BCUT2D eigenvalue weighted by atomic mass is 10.1. The summed E-state index contributed by atoms with van der Waals surface area (Å²) >= 11 is 0. The van der Waals surface area contributed by atoms with Crippen molar-refractivity contribution < 1.29 is 18.3 Å². The molecule has 0 bridgehead atoms. The lowest BCUT2D eigenvalue weighted by Gasteiger charge is -2.13. The number of ether oxygens (including phenoxy) is 2. The first-order valence-electron chi connectivity index (χ1n) is 8.87. The Balaban J connectivity index is 1.79. The van der Waals surface area contributed by atoms with E-state index in [0.29, 0.717) is 24.6 Å². The Hall–Kier alpha value is -2.93. The maximum atomic E-state index is 14.1. The number of benzene rings is 2. The summed E-state index contributed by atoms with van der Waals surface area (Å²) in [4.78, 5) is 0. The fraction of sp³-hybridized carbons (Fsp3) is 0.286. The van der Waals surface area contributed by atoms with Crippen LogP contribution in [-0.4, -0.2) is 24.0 Å². The molecule has 0 atom stereocenters. The zero-order chi connectivity index (χ0) is 20.3. The molecule has 0 unspecified atom stereocenters. The summed E-state index contributed by atoms with van der Waals surface area (Å²) in [5, 5.41) is 7.80. The predicted octanol–water partition coefficient (Wildman–Crippen LogP) is 4.07. The number of hydrogen-bond donors (Lipinski definition) is 1. The second-order valence-electron chi connectivity index (χ2n) is 6.41. The Morgan fingerprint density at radius 3 is 2.50 bits per heavy atom. The Morgan fingerprint density at radius 2 is 1.82 bits per heavy atom. The minimum atomic E-state index is -0.647. The van der Waals surface area contributed by atoms with Crippen molar-refractivity contribution in [1.29, 1.82) is 0 Å². The Labute approximate surface area is 162 Å². The summed E-state index contributed by atoms with van der Waals surface area (Å²) in [5.41, 5.74) is 3.74. The third-order valence-corrected chi connectivity index (χ3v) is 4.68. The molecule has 148 valence electrons. The largest absolute Gasteiger partial charge is 0.493 e. The molecule has 0 amide bonds. The van der Waals surface area contributed by atoms with Gasteiger partial charge in [0.05, 0.1) is 19.9 Å². The molecule has 0 aliphatic rings. The standard InChI is InChI=1S/C21H23F2N3O2/c1-13-17(12-24-11-15-6-5-7-20(27-3)21(15)28-4)14(2)26(25-13)19-9-8-16(22)10-18(19)23/h5-10,24H,11-12H2,1-4H3.